The van der Waals surface area contributed by atoms with Gasteiger partial charge in [0.2, 0.25) is 15.9 Å². The third kappa shape index (κ3) is 4.03. The third-order valence-electron chi connectivity index (χ3n) is 5.54. The molecule has 26 heavy (non-hydrogen) atoms. The van der Waals surface area contributed by atoms with Gasteiger partial charge in [-0.05, 0) is 38.5 Å². The van der Waals surface area contributed by atoms with E-state index >= 15 is 0 Å². The summed E-state index contributed by atoms with van der Waals surface area (Å²) >= 11 is 0. The molecule has 146 valence electrons. The molecule has 1 saturated heterocycles. The first-order valence-electron chi connectivity index (χ1n) is 9.23. The van der Waals surface area contributed by atoms with E-state index in [0.717, 1.165) is 19.3 Å². The fourth-order valence-corrected chi connectivity index (χ4v) is 5.45. The summed E-state index contributed by atoms with van der Waals surface area (Å²) in [5, 5.41) is 4.86. The van der Waals surface area contributed by atoms with Crippen molar-refractivity contribution in [3.05, 3.63) is 22.2 Å². The minimum absolute atomic E-state index is 0.00634. The number of nitrogens with one attached hydrogen (secondary N) is 2. The Balaban J connectivity index is 1.58. The van der Waals surface area contributed by atoms with Crippen molar-refractivity contribution < 1.29 is 17.7 Å². The zero-order chi connectivity index (χ0) is 18.9. The van der Waals surface area contributed by atoms with Gasteiger partial charge in [-0.25, -0.2) is 12.7 Å². The van der Waals surface area contributed by atoms with Gasteiger partial charge in [0.15, 0.2) is 0 Å². The molecule has 1 aromatic rings. The van der Waals surface area contributed by atoms with Gasteiger partial charge < -0.3 is 9.84 Å². The zero-order valence-electron chi connectivity index (χ0n) is 15.2. The summed E-state index contributed by atoms with van der Waals surface area (Å²) in [5.41, 5.74) is -0.312. The second-order valence-electron chi connectivity index (χ2n) is 7.62. The van der Waals surface area contributed by atoms with Gasteiger partial charge in [-0.1, -0.05) is 6.42 Å². The Morgan fingerprint density at radius 3 is 2.81 bits per heavy atom. The molecule has 0 bridgehead atoms. The summed E-state index contributed by atoms with van der Waals surface area (Å²) < 4.78 is 31.5. The summed E-state index contributed by atoms with van der Waals surface area (Å²) in [5.74, 6) is 0.850. The van der Waals surface area contributed by atoms with E-state index in [1.54, 1.807) is 18.2 Å². The quantitative estimate of drug-likeness (QED) is 0.754. The first-order valence-corrected chi connectivity index (χ1v) is 10.7. The molecule has 1 saturated carbocycles. The van der Waals surface area contributed by atoms with E-state index in [1.807, 2.05) is 0 Å². The lowest BCUT2D eigenvalue weighted by Crippen LogP contribution is -2.45. The first-order chi connectivity index (χ1) is 12.3. The molecular formula is C17H27N3O5S. The largest absolute Gasteiger partial charge is 0.384 e. The number of rotatable bonds is 6. The van der Waals surface area contributed by atoms with Crippen molar-refractivity contribution in [2.24, 2.45) is 11.8 Å². The van der Waals surface area contributed by atoms with Gasteiger partial charge in [0, 0.05) is 38.0 Å². The average molecular weight is 385 g/mol. The van der Waals surface area contributed by atoms with Crippen molar-refractivity contribution in [2.75, 3.05) is 13.1 Å². The smallest absolute Gasteiger partial charge is 0.280 e. The number of nitrogens with zero attached hydrogens (tertiary/aromatic N) is 1. The van der Waals surface area contributed by atoms with Crippen LogP contribution in [0.5, 0.6) is 0 Å². The van der Waals surface area contributed by atoms with Gasteiger partial charge in [0.25, 0.3) is 5.56 Å². The number of aryl methyl sites for hydroxylation is 1. The normalized spacial score (nSPS) is 26.8. The minimum Gasteiger partial charge on any atom is -0.384 e. The number of carbonyl (C=O) groups is 1. The number of hydrogen-bond donors (Lipinski definition) is 2. The van der Waals surface area contributed by atoms with E-state index < -0.39 is 15.3 Å². The SMILES string of the molecule is CC(C)S(=O)(=O)N1C[C@@H]2CCC[C@H](NC(=O)CCc3cc(=O)[nH]o3)[C@@H]2C1. The number of carbonyl (C=O) groups excluding carboxylic acids is 1. The number of sulfonamides is 1. The molecule has 2 N–H and O–H groups in total. The van der Waals surface area contributed by atoms with E-state index in [2.05, 4.69) is 10.5 Å². The van der Waals surface area contributed by atoms with Crippen LogP contribution in [0.25, 0.3) is 0 Å². The third-order valence-corrected chi connectivity index (χ3v) is 7.75. The lowest BCUT2D eigenvalue weighted by molar-refractivity contribution is -0.122. The Labute approximate surface area is 153 Å². The Morgan fingerprint density at radius 1 is 1.38 bits per heavy atom. The molecule has 1 amide bonds. The maximum Gasteiger partial charge on any atom is 0.280 e. The second-order valence-corrected chi connectivity index (χ2v) is 10.1. The molecule has 0 radical (unpaired) electrons. The van der Waals surface area contributed by atoms with Crippen LogP contribution in [-0.2, 0) is 21.2 Å². The molecule has 2 heterocycles. The summed E-state index contributed by atoms with van der Waals surface area (Å²) in [6.07, 6.45) is 3.48. The standard InChI is InChI=1S/C17H27N3O5S/c1-11(2)26(23,24)20-9-12-4-3-5-15(14(12)10-20)18-16(21)7-6-13-8-17(22)19-25-13/h8,11-12,14-15H,3-7,9-10H2,1-2H3,(H,18,21)(H,19,22)/t12-,14+,15-/m0/s1. The maximum atomic E-state index is 12.5. The highest BCUT2D eigenvalue weighted by Crippen LogP contribution is 2.38. The highest BCUT2D eigenvalue weighted by molar-refractivity contribution is 7.89. The maximum absolute atomic E-state index is 12.5. The summed E-state index contributed by atoms with van der Waals surface area (Å²) in [6, 6.07) is 1.35. The molecule has 1 aromatic heterocycles. The van der Waals surface area contributed by atoms with Crippen molar-refractivity contribution in [1.82, 2.24) is 14.8 Å². The fourth-order valence-electron chi connectivity index (χ4n) is 4.08. The second kappa shape index (κ2) is 7.56. The van der Waals surface area contributed by atoms with E-state index in [0.29, 0.717) is 31.2 Å². The molecule has 0 aromatic carbocycles. The molecule has 0 unspecified atom stereocenters. The number of H-pyrrole nitrogens is 1. The summed E-state index contributed by atoms with van der Waals surface area (Å²) in [6.45, 7) is 4.46. The van der Waals surface area contributed by atoms with Gasteiger partial charge in [-0.3, -0.25) is 9.59 Å². The van der Waals surface area contributed by atoms with Gasteiger partial charge in [-0.2, -0.15) is 5.16 Å². The van der Waals surface area contributed by atoms with E-state index in [1.165, 1.54) is 6.07 Å². The predicted molar refractivity (Wildman–Crippen MR) is 96.0 cm³/mol. The van der Waals surface area contributed by atoms with Crippen LogP contribution < -0.4 is 10.9 Å². The number of amides is 1. The van der Waals surface area contributed by atoms with E-state index in [9.17, 15) is 18.0 Å². The van der Waals surface area contributed by atoms with Crippen LogP contribution in [0.3, 0.4) is 0 Å². The van der Waals surface area contributed by atoms with Crippen LogP contribution >= 0.6 is 0 Å². The van der Waals surface area contributed by atoms with Gasteiger partial charge in [-0.15, -0.1) is 0 Å². The fraction of sp³-hybridized carbons (Fsp3) is 0.765. The molecule has 3 atom stereocenters. The summed E-state index contributed by atoms with van der Waals surface area (Å²) in [7, 11) is -3.26. The highest BCUT2D eigenvalue weighted by Gasteiger charge is 2.44. The van der Waals surface area contributed by atoms with Crippen LogP contribution in [0.2, 0.25) is 0 Å². The average Bonchev–Trinajstić information content (AvgIpc) is 3.20. The zero-order valence-corrected chi connectivity index (χ0v) is 16.0. The molecule has 9 heteroatoms. The molecular weight excluding hydrogens is 358 g/mol. The number of aromatic nitrogens is 1. The van der Waals surface area contributed by atoms with Gasteiger partial charge >= 0.3 is 0 Å². The number of aromatic amines is 1. The molecule has 1 aliphatic carbocycles. The summed E-state index contributed by atoms with van der Waals surface area (Å²) in [4.78, 5) is 23.3. The topological polar surface area (TPSA) is 112 Å². The van der Waals surface area contributed by atoms with Crippen molar-refractivity contribution >= 4 is 15.9 Å². The molecule has 1 aliphatic heterocycles. The lowest BCUT2D eigenvalue weighted by Gasteiger charge is -2.33. The predicted octanol–water partition coefficient (Wildman–Crippen LogP) is 0.855. The van der Waals surface area contributed by atoms with Gasteiger partial charge in [0.1, 0.15) is 5.76 Å². The van der Waals surface area contributed by atoms with Crippen molar-refractivity contribution in [3.63, 3.8) is 0 Å². The number of fused-ring (bicyclic) bond motifs is 1. The molecule has 2 fully saturated rings. The highest BCUT2D eigenvalue weighted by atomic mass is 32.2. The monoisotopic (exact) mass is 385 g/mol. The number of hydrogen-bond acceptors (Lipinski definition) is 5. The Kier molecular flexibility index (Phi) is 5.57. The van der Waals surface area contributed by atoms with Crippen molar-refractivity contribution in [2.45, 2.75) is 57.2 Å². The van der Waals surface area contributed by atoms with Crippen LogP contribution in [0, 0.1) is 11.8 Å². The van der Waals surface area contributed by atoms with Gasteiger partial charge in [0.05, 0.1) is 5.25 Å². The van der Waals surface area contributed by atoms with Crippen molar-refractivity contribution in [3.8, 4) is 0 Å². The van der Waals surface area contributed by atoms with Crippen LogP contribution in [-0.4, -0.2) is 48.2 Å². The Hall–Kier alpha value is -1.61. The Morgan fingerprint density at radius 2 is 2.15 bits per heavy atom. The van der Waals surface area contributed by atoms with Crippen LogP contribution in [0.4, 0.5) is 0 Å². The van der Waals surface area contributed by atoms with Crippen LogP contribution in [0.1, 0.15) is 45.3 Å². The van der Waals surface area contributed by atoms with E-state index in [-0.39, 0.29) is 29.8 Å². The van der Waals surface area contributed by atoms with E-state index in [4.69, 9.17) is 4.52 Å². The molecule has 3 rings (SSSR count). The lowest BCUT2D eigenvalue weighted by atomic mass is 9.78. The minimum atomic E-state index is -3.26. The van der Waals surface area contributed by atoms with Crippen molar-refractivity contribution in [1.29, 1.82) is 0 Å². The molecule has 2 aliphatic rings. The molecule has 0 spiro atoms. The molecule has 8 nitrogen and oxygen atoms in total. The first kappa shape index (κ1) is 19.2. The Bertz CT molecular complexity index is 797. The van der Waals surface area contributed by atoms with Crippen LogP contribution in [0.15, 0.2) is 15.4 Å².